The number of nitrogens with one attached hydrogen (secondary N) is 1. The van der Waals surface area contributed by atoms with Gasteiger partial charge in [0, 0.05) is 31.5 Å². The highest BCUT2D eigenvalue weighted by molar-refractivity contribution is 5.40. The molecule has 3 aromatic rings. The molecule has 21 heavy (non-hydrogen) atoms. The standard InChI is InChI=1S/C14H16N6O/c15-4-5-16-11-7-14(21)20(17-8-11)10-12-9-19-6-2-1-3-13(19)18-12/h1-3,6-9,16H,4-5,10,15H2. The monoisotopic (exact) mass is 284 g/mol. The van der Waals surface area contributed by atoms with Crippen LogP contribution in [0.5, 0.6) is 0 Å². The number of pyridine rings is 1. The lowest BCUT2D eigenvalue weighted by Crippen LogP contribution is -2.24. The molecular weight excluding hydrogens is 268 g/mol. The van der Waals surface area contributed by atoms with Crippen molar-refractivity contribution in [1.82, 2.24) is 19.2 Å². The normalized spacial score (nSPS) is 10.9. The Hall–Kier alpha value is -2.67. The number of hydrogen-bond acceptors (Lipinski definition) is 5. The van der Waals surface area contributed by atoms with Crippen LogP contribution in [0.2, 0.25) is 0 Å². The van der Waals surface area contributed by atoms with Crippen LogP contribution in [0.25, 0.3) is 5.65 Å². The van der Waals surface area contributed by atoms with Gasteiger partial charge in [-0.1, -0.05) is 6.07 Å². The smallest absolute Gasteiger partial charge is 0.269 e. The van der Waals surface area contributed by atoms with E-state index in [4.69, 9.17) is 5.73 Å². The molecule has 0 fully saturated rings. The number of anilines is 1. The average molecular weight is 284 g/mol. The molecule has 0 saturated heterocycles. The topological polar surface area (TPSA) is 90.2 Å². The average Bonchev–Trinajstić information content (AvgIpc) is 2.90. The number of imidazole rings is 1. The minimum Gasteiger partial charge on any atom is -0.382 e. The van der Waals surface area contributed by atoms with Crippen molar-refractivity contribution in [3.8, 4) is 0 Å². The molecule has 3 heterocycles. The number of nitrogens with two attached hydrogens (primary N) is 1. The number of fused-ring (bicyclic) bond motifs is 1. The van der Waals surface area contributed by atoms with Crippen molar-refractivity contribution < 1.29 is 0 Å². The van der Waals surface area contributed by atoms with Gasteiger partial charge < -0.3 is 15.5 Å². The van der Waals surface area contributed by atoms with Crippen LogP contribution in [0.15, 0.2) is 47.7 Å². The van der Waals surface area contributed by atoms with E-state index < -0.39 is 0 Å². The van der Waals surface area contributed by atoms with E-state index in [0.29, 0.717) is 25.3 Å². The molecular formula is C14H16N6O. The predicted octanol–water partition coefficient (Wildman–Crippen LogP) is 0.310. The Morgan fingerprint density at radius 2 is 2.24 bits per heavy atom. The van der Waals surface area contributed by atoms with E-state index in [2.05, 4.69) is 15.4 Å². The van der Waals surface area contributed by atoms with Gasteiger partial charge in [0.15, 0.2) is 0 Å². The molecule has 0 aliphatic heterocycles. The van der Waals surface area contributed by atoms with E-state index in [1.807, 2.05) is 35.0 Å². The lowest BCUT2D eigenvalue weighted by molar-refractivity contribution is 0.631. The maximum atomic E-state index is 12.0. The van der Waals surface area contributed by atoms with Crippen LogP contribution in [0.4, 0.5) is 5.69 Å². The summed E-state index contributed by atoms with van der Waals surface area (Å²) in [4.78, 5) is 16.5. The number of rotatable bonds is 5. The highest BCUT2D eigenvalue weighted by Gasteiger charge is 2.05. The summed E-state index contributed by atoms with van der Waals surface area (Å²) >= 11 is 0. The highest BCUT2D eigenvalue weighted by Crippen LogP contribution is 2.05. The van der Waals surface area contributed by atoms with Crippen LogP contribution in [0, 0.1) is 0 Å². The molecule has 0 bridgehead atoms. The summed E-state index contributed by atoms with van der Waals surface area (Å²) < 4.78 is 3.30. The van der Waals surface area contributed by atoms with Gasteiger partial charge in [-0.05, 0) is 12.1 Å². The lowest BCUT2D eigenvalue weighted by atomic mass is 10.4. The molecule has 0 saturated carbocycles. The number of hydrogen-bond donors (Lipinski definition) is 2. The van der Waals surface area contributed by atoms with Gasteiger partial charge in [0.25, 0.3) is 5.56 Å². The number of aromatic nitrogens is 4. The highest BCUT2D eigenvalue weighted by atomic mass is 16.1. The van der Waals surface area contributed by atoms with Gasteiger partial charge in [-0.2, -0.15) is 5.10 Å². The quantitative estimate of drug-likeness (QED) is 0.703. The minimum absolute atomic E-state index is 0.172. The molecule has 0 unspecified atom stereocenters. The van der Waals surface area contributed by atoms with Crippen LogP contribution in [0.3, 0.4) is 0 Å². The second-order valence-corrected chi connectivity index (χ2v) is 4.65. The van der Waals surface area contributed by atoms with E-state index in [1.165, 1.54) is 10.7 Å². The Balaban J connectivity index is 1.82. The molecule has 3 N–H and O–H groups in total. The van der Waals surface area contributed by atoms with E-state index in [9.17, 15) is 4.79 Å². The maximum absolute atomic E-state index is 12.0. The Morgan fingerprint density at radius 3 is 3.00 bits per heavy atom. The van der Waals surface area contributed by atoms with Gasteiger partial charge >= 0.3 is 0 Å². The first kappa shape index (κ1) is 13.3. The first-order valence-electron chi connectivity index (χ1n) is 6.70. The molecule has 0 aliphatic rings. The minimum atomic E-state index is -0.172. The van der Waals surface area contributed by atoms with Gasteiger partial charge in [-0.25, -0.2) is 9.67 Å². The fourth-order valence-electron chi connectivity index (χ4n) is 2.08. The molecule has 3 aromatic heterocycles. The summed E-state index contributed by atoms with van der Waals surface area (Å²) in [5.41, 5.74) is 7.55. The van der Waals surface area contributed by atoms with Crippen LogP contribution in [-0.4, -0.2) is 32.3 Å². The van der Waals surface area contributed by atoms with Crippen LogP contribution < -0.4 is 16.6 Å². The van der Waals surface area contributed by atoms with Crippen molar-refractivity contribution >= 4 is 11.3 Å². The second-order valence-electron chi connectivity index (χ2n) is 4.65. The second kappa shape index (κ2) is 5.76. The Morgan fingerprint density at radius 1 is 1.33 bits per heavy atom. The Kier molecular flexibility index (Phi) is 3.65. The third-order valence-electron chi connectivity index (χ3n) is 3.07. The zero-order valence-electron chi connectivity index (χ0n) is 11.4. The maximum Gasteiger partial charge on any atom is 0.269 e. The van der Waals surface area contributed by atoms with Gasteiger partial charge in [-0.15, -0.1) is 0 Å². The molecule has 7 heteroatoms. The molecule has 3 rings (SSSR count). The molecule has 7 nitrogen and oxygen atoms in total. The van der Waals surface area contributed by atoms with Crippen molar-refractivity contribution in [1.29, 1.82) is 0 Å². The first-order chi connectivity index (χ1) is 10.3. The molecule has 0 radical (unpaired) electrons. The zero-order valence-corrected chi connectivity index (χ0v) is 11.4. The van der Waals surface area contributed by atoms with Crippen LogP contribution in [0.1, 0.15) is 5.69 Å². The third-order valence-corrected chi connectivity index (χ3v) is 3.07. The summed E-state index contributed by atoms with van der Waals surface area (Å²) in [6.45, 7) is 1.46. The largest absolute Gasteiger partial charge is 0.382 e. The molecule has 108 valence electrons. The fraction of sp³-hybridized carbons (Fsp3) is 0.214. The summed E-state index contributed by atoms with van der Waals surface area (Å²) in [6, 6.07) is 7.28. The van der Waals surface area contributed by atoms with Crippen molar-refractivity contribution in [2.24, 2.45) is 5.73 Å². The zero-order chi connectivity index (χ0) is 14.7. The van der Waals surface area contributed by atoms with Crippen molar-refractivity contribution in [2.75, 3.05) is 18.4 Å². The SMILES string of the molecule is NCCNc1cnn(Cc2cn3ccccc3n2)c(=O)c1. The predicted molar refractivity (Wildman–Crippen MR) is 80.3 cm³/mol. The Labute approximate surface area is 121 Å². The molecule has 0 atom stereocenters. The van der Waals surface area contributed by atoms with Crippen LogP contribution >= 0.6 is 0 Å². The van der Waals surface area contributed by atoms with Gasteiger partial charge in [0.05, 0.1) is 24.1 Å². The molecule has 0 aromatic carbocycles. The fourth-order valence-corrected chi connectivity index (χ4v) is 2.08. The van der Waals surface area contributed by atoms with Crippen molar-refractivity contribution in [2.45, 2.75) is 6.54 Å². The molecule has 0 spiro atoms. The third kappa shape index (κ3) is 2.92. The summed E-state index contributed by atoms with van der Waals surface area (Å²) in [5, 5.41) is 7.18. The molecule has 0 amide bonds. The first-order valence-corrected chi connectivity index (χ1v) is 6.70. The van der Waals surface area contributed by atoms with E-state index in [0.717, 1.165) is 11.3 Å². The molecule has 0 aliphatic carbocycles. The number of nitrogens with zero attached hydrogens (tertiary/aromatic N) is 4. The van der Waals surface area contributed by atoms with Crippen LogP contribution in [-0.2, 0) is 6.54 Å². The summed E-state index contributed by atoms with van der Waals surface area (Å²) in [6.07, 6.45) is 5.43. The van der Waals surface area contributed by atoms with Gasteiger partial charge in [-0.3, -0.25) is 4.79 Å². The van der Waals surface area contributed by atoms with Gasteiger partial charge in [0.2, 0.25) is 0 Å². The summed E-state index contributed by atoms with van der Waals surface area (Å²) in [7, 11) is 0. The lowest BCUT2D eigenvalue weighted by Gasteiger charge is -2.05. The van der Waals surface area contributed by atoms with Crippen molar-refractivity contribution in [3.05, 3.63) is 58.9 Å². The van der Waals surface area contributed by atoms with Gasteiger partial charge in [0.1, 0.15) is 5.65 Å². The van der Waals surface area contributed by atoms with E-state index in [-0.39, 0.29) is 5.56 Å². The van der Waals surface area contributed by atoms with Crippen molar-refractivity contribution in [3.63, 3.8) is 0 Å². The van der Waals surface area contributed by atoms with E-state index in [1.54, 1.807) is 6.20 Å². The van der Waals surface area contributed by atoms with E-state index >= 15 is 0 Å². The summed E-state index contributed by atoms with van der Waals surface area (Å²) in [5.74, 6) is 0. The Bertz CT molecular complexity index is 773.